The van der Waals surface area contributed by atoms with Gasteiger partial charge in [-0.1, -0.05) is 42.5 Å². The molecule has 0 aromatic heterocycles. The average Bonchev–Trinajstić information content (AvgIpc) is 2.62. The van der Waals surface area contributed by atoms with Crippen molar-refractivity contribution in [3.8, 4) is 0 Å². The maximum atomic E-state index is 10.3. The van der Waals surface area contributed by atoms with Crippen molar-refractivity contribution in [2.75, 3.05) is 32.7 Å². The van der Waals surface area contributed by atoms with Gasteiger partial charge < -0.3 is 15.7 Å². The Kier molecular flexibility index (Phi) is 8.65. The highest BCUT2D eigenvalue weighted by atomic mass is 16.3. The fourth-order valence-electron chi connectivity index (χ4n) is 3.28. The number of piperidine rings is 1. The van der Waals surface area contributed by atoms with Gasteiger partial charge in [0, 0.05) is 38.6 Å². The van der Waals surface area contributed by atoms with Crippen LogP contribution in [0.2, 0.25) is 0 Å². The molecule has 1 aliphatic heterocycles. The van der Waals surface area contributed by atoms with Crippen LogP contribution >= 0.6 is 0 Å². The Morgan fingerprint density at radius 1 is 1.31 bits per heavy atom. The van der Waals surface area contributed by atoms with Gasteiger partial charge in [-0.2, -0.15) is 0 Å². The largest absolute Gasteiger partial charge is 0.391 e. The lowest BCUT2D eigenvalue weighted by atomic mass is 10.0. The van der Waals surface area contributed by atoms with Gasteiger partial charge in [0.1, 0.15) is 0 Å². The van der Waals surface area contributed by atoms with Gasteiger partial charge in [-0.15, -0.1) is 0 Å². The first-order chi connectivity index (χ1) is 12.6. The van der Waals surface area contributed by atoms with Gasteiger partial charge in [0.15, 0.2) is 5.96 Å². The molecule has 0 amide bonds. The molecule has 1 aromatic rings. The molecule has 5 heteroatoms. The molecule has 1 unspecified atom stereocenters. The lowest BCUT2D eigenvalue weighted by Gasteiger charge is -2.33. The number of likely N-dealkylation sites (tertiary alicyclic amines) is 1. The zero-order valence-electron chi connectivity index (χ0n) is 16.2. The van der Waals surface area contributed by atoms with Crippen molar-refractivity contribution >= 4 is 5.96 Å². The van der Waals surface area contributed by atoms with Crippen LogP contribution in [0.25, 0.3) is 0 Å². The number of rotatable bonds is 8. The number of aliphatic imine (C=N–C) groups is 1. The Labute approximate surface area is 158 Å². The van der Waals surface area contributed by atoms with E-state index in [2.05, 4.69) is 41.0 Å². The van der Waals surface area contributed by atoms with Crippen LogP contribution in [0.15, 0.2) is 47.5 Å². The molecule has 0 spiro atoms. The van der Waals surface area contributed by atoms with Gasteiger partial charge in [-0.3, -0.25) is 9.89 Å². The van der Waals surface area contributed by atoms with Crippen molar-refractivity contribution in [3.05, 3.63) is 48.0 Å². The quantitative estimate of drug-likeness (QED) is 0.379. The summed E-state index contributed by atoms with van der Waals surface area (Å²) in [7, 11) is 0. The van der Waals surface area contributed by atoms with E-state index in [4.69, 9.17) is 0 Å². The van der Waals surface area contributed by atoms with E-state index in [1.54, 1.807) is 0 Å². The van der Waals surface area contributed by atoms with Gasteiger partial charge in [0.2, 0.25) is 0 Å². The van der Waals surface area contributed by atoms with Gasteiger partial charge in [-0.05, 0) is 32.3 Å². The van der Waals surface area contributed by atoms with E-state index in [9.17, 15) is 5.11 Å². The lowest BCUT2D eigenvalue weighted by Crippen LogP contribution is -2.49. The van der Waals surface area contributed by atoms with Crippen LogP contribution in [0.1, 0.15) is 32.3 Å². The van der Waals surface area contributed by atoms with Gasteiger partial charge >= 0.3 is 0 Å². The molecular weight excluding hydrogens is 324 g/mol. The summed E-state index contributed by atoms with van der Waals surface area (Å²) in [5, 5.41) is 17.1. The number of benzene rings is 1. The van der Waals surface area contributed by atoms with Crippen molar-refractivity contribution in [2.24, 2.45) is 4.99 Å². The second-order valence-corrected chi connectivity index (χ2v) is 7.22. The number of hydrogen-bond donors (Lipinski definition) is 3. The highest BCUT2D eigenvalue weighted by Gasteiger charge is 2.19. The lowest BCUT2D eigenvalue weighted by molar-refractivity contribution is 0.183. The van der Waals surface area contributed by atoms with Crippen molar-refractivity contribution in [2.45, 2.75) is 45.3 Å². The van der Waals surface area contributed by atoms with Crippen LogP contribution < -0.4 is 10.6 Å². The van der Waals surface area contributed by atoms with Gasteiger partial charge in [-0.25, -0.2) is 0 Å². The second-order valence-electron chi connectivity index (χ2n) is 7.22. The van der Waals surface area contributed by atoms with E-state index >= 15 is 0 Å². The predicted molar refractivity (Wildman–Crippen MR) is 110 cm³/mol. The first-order valence-electron chi connectivity index (χ1n) is 9.70. The number of nitrogens with one attached hydrogen (secondary N) is 2. The summed E-state index contributed by atoms with van der Waals surface area (Å²) in [6, 6.07) is 10.5. The summed E-state index contributed by atoms with van der Waals surface area (Å²) in [6.45, 7) is 12.5. The molecule has 0 radical (unpaired) electrons. The predicted octanol–water partition coefficient (Wildman–Crippen LogP) is 2.19. The molecule has 26 heavy (non-hydrogen) atoms. The highest BCUT2D eigenvalue weighted by molar-refractivity contribution is 5.80. The van der Waals surface area contributed by atoms with E-state index in [0.29, 0.717) is 19.0 Å². The second kappa shape index (κ2) is 11.0. The zero-order chi connectivity index (χ0) is 18.8. The van der Waals surface area contributed by atoms with Crippen LogP contribution in [-0.4, -0.2) is 60.8 Å². The molecule has 144 valence electrons. The molecule has 0 aliphatic carbocycles. The fourth-order valence-corrected chi connectivity index (χ4v) is 3.28. The third-order valence-electron chi connectivity index (χ3n) is 4.54. The smallest absolute Gasteiger partial charge is 0.191 e. The molecule has 5 nitrogen and oxygen atoms in total. The third kappa shape index (κ3) is 7.58. The van der Waals surface area contributed by atoms with Crippen LogP contribution in [-0.2, 0) is 6.42 Å². The molecule has 2 rings (SSSR count). The standard InChI is InChI=1S/C21H34N4O/c1-4-22-21(23-15-20(26)14-18-8-6-5-7-9-18)24-19-10-12-25(13-11-19)16-17(2)3/h5-9,19-20,26H,2,4,10-16H2,1,3H3,(H2,22,23,24). The molecule has 1 aromatic carbocycles. The zero-order valence-corrected chi connectivity index (χ0v) is 16.2. The van der Waals surface area contributed by atoms with E-state index in [-0.39, 0.29) is 0 Å². The summed E-state index contributed by atoms with van der Waals surface area (Å²) in [6.07, 6.45) is 2.36. The van der Waals surface area contributed by atoms with Crippen molar-refractivity contribution in [3.63, 3.8) is 0 Å². The van der Waals surface area contributed by atoms with Crippen molar-refractivity contribution < 1.29 is 5.11 Å². The minimum Gasteiger partial charge on any atom is -0.391 e. The topological polar surface area (TPSA) is 59.9 Å². The van der Waals surface area contributed by atoms with Crippen molar-refractivity contribution in [1.82, 2.24) is 15.5 Å². The summed E-state index contributed by atoms with van der Waals surface area (Å²) in [4.78, 5) is 7.04. The fraction of sp³-hybridized carbons (Fsp3) is 0.571. The minimum absolute atomic E-state index is 0.402. The number of nitrogens with zero attached hydrogens (tertiary/aromatic N) is 2. The third-order valence-corrected chi connectivity index (χ3v) is 4.54. The van der Waals surface area contributed by atoms with Crippen LogP contribution in [0.4, 0.5) is 0 Å². The molecule has 1 heterocycles. The molecule has 1 fully saturated rings. The van der Waals surface area contributed by atoms with Gasteiger partial charge in [0.25, 0.3) is 0 Å². The first-order valence-corrected chi connectivity index (χ1v) is 9.70. The Hall–Kier alpha value is -1.85. The van der Waals surface area contributed by atoms with Crippen LogP contribution in [0.3, 0.4) is 0 Å². The van der Waals surface area contributed by atoms with E-state index in [0.717, 1.165) is 50.5 Å². The summed E-state index contributed by atoms with van der Waals surface area (Å²) in [5.74, 6) is 0.804. The molecule has 0 saturated carbocycles. The summed E-state index contributed by atoms with van der Waals surface area (Å²) >= 11 is 0. The number of hydrogen-bond acceptors (Lipinski definition) is 3. The number of aliphatic hydroxyl groups is 1. The maximum absolute atomic E-state index is 10.3. The van der Waals surface area contributed by atoms with Crippen LogP contribution in [0.5, 0.6) is 0 Å². The molecule has 0 bridgehead atoms. The van der Waals surface area contributed by atoms with E-state index in [1.807, 2.05) is 30.3 Å². The molecule has 1 aliphatic rings. The highest BCUT2D eigenvalue weighted by Crippen LogP contribution is 2.11. The number of aliphatic hydroxyl groups excluding tert-OH is 1. The minimum atomic E-state index is -0.467. The number of guanidine groups is 1. The van der Waals surface area contributed by atoms with Gasteiger partial charge in [0.05, 0.1) is 12.6 Å². The summed E-state index contributed by atoms with van der Waals surface area (Å²) < 4.78 is 0. The Bertz CT molecular complexity index is 565. The monoisotopic (exact) mass is 358 g/mol. The van der Waals surface area contributed by atoms with Crippen molar-refractivity contribution in [1.29, 1.82) is 0 Å². The Balaban J connectivity index is 1.80. The molecule has 1 atom stereocenters. The Morgan fingerprint density at radius 2 is 2.00 bits per heavy atom. The normalized spacial score (nSPS) is 17.7. The maximum Gasteiger partial charge on any atom is 0.191 e. The molecule has 3 N–H and O–H groups in total. The average molecular weight is 359 g/mol. The molecular formula is C21H34N4O. The van der Waals surface area contributed by atoms with Crippen LogP contribution in [0, 0.1) is 0 Å². The van der Waals surface area contributed by atoms with E-state index < -0.39 is 6.10 Å². The SMILES string of the molecule is C=C(C)CN1CCC(NC(=NCC(O)Cc2ccccc2)NCC)CC1. The first kappa shape index (κ1) is 20.5. The molecule has 1 saturated heterocycles. The van der Waals surface area contributed by atoms with E-state index in [1.165, 1.54) is 5.57 Å². The Morgan fingerprint density at radius 3 is 2.62 bits per heavy atom. The summed E-state index contributed by atoms with van der Waals surface area (Å²) in [5.41, 5.74) is 2.36.